The summed E-state index contributed by atoms with van der Waals surface area (Å²) in [6.07, 6.45) is 0. The number of carbonyl (C=O) groups excluding carboxylic acids is 1. The summed E-state index contributed by atoms with van der Waals surface area (Å²) in [6, 6.07) is 2.23. The van der Waals surface area contributed by atoms with Crippen molar-refractivity contribution in [2.45, 2.75) is 6.92 Å². The summed E-state index contributed by atoms with van der Waals surface area (Å²) in [5.41, 5.74) is 3.03. The highest BCUT2D eigenvalue weighted by Gasteiger charge is 2.23. The van der Waals surface area contributed by atoms with Gasteiger partial charge in [-0.3, -0.25) is 15.0 Å². The molecule has 0 aromatic carbocycles. The van der Waals surface area contributed by atoms with Gasteiger partial charge in [-0.2, -0.15) is 9.64 Å². The molecule has 1 saturated heterocycles. The molecule has 1 N–H and O–H groups in total. The van der Waals surface area contributed by atoms with Gasteiger partial charge in [0.05, 0.1) is 12.2 Å². The minimum absolute atomic E-state index is 0.0819. The number of aromatic nitrogens is 3. The number of rotatable bonds is 4. The SMILES string of the molecule is Cc1nsc(N2CCN(CC(=O)Nc3nncs3)CC2)c1C#N. The Bertz CT molecular complexity index is 713. The molecule has 0 bridgehead atoms. The van der Waals surface area contributed by atoms with Crippen LogP contribution in [0.15, 0.2) is 5.51 Å². The van der Waals surface area contributed by atoms with Crippen molar-refractivity contribution < 1.29 is 4.79 Å². The van der Waals surface area contributed by atoms with Crippen LogP contribution in [0.5, 0.6) is 0 Å². The number of anilines is 2. The first-order chi connectivity index (χ1) is 11.2. The van der Waals surface area contributed by atoms with Gasteiger partial charge in [0, 0.05) is 26.2 Å². The number of piperazine rings is 1. The summed E-state index contributed by atoms with van der Waals surface area (Å²) < 4.78 is 4.26. The van der Waals surface area contributed by atoms with E-state index in [4.69, 9.17) is 0 Å². The number of nitrogens with one attached hydrogen (secondary N) is 1. The molecule has 1 fully saturated rings. The number of hydrogen-bond donors (Lipinski definition) is 1. The van der Waals surface area contributed by atoms with E-state index >= 15 is 0 Å². The number of aryl methyl sites for hydroxylation is 1. The zero-order valence-corrected chi connectivity index (χ0v) is 14.2. The molecule has 0 aliphatic carbocycles. The zero-order chi connectivity index (χ0) is 16.2. The third-order valence-electron chi connectivity index (χ3n) is 3.59. The maximum Gasteiger partial charge on any atom is 0.240 e. The smallest absolute Gasteiger partial charge is 0.240 e. The number of nitriles is 1. The van der Waals surface area contributed by atoms with Gasteiger partial charge in [0.2, 0.25) is 11.0 Å². The molecule has 2 aromatic heterocycles. The Kier molecular flexibility index (Phi) is 4.80. The first-order valence-electron chi connectivity index (χ1n) is 7.07. The number of carbonyl (C=O) groups is 1. The van der Waals surface area contributed by atoms with Crippen molar-refractivity contribution in [3.05, 3.63) is 16.8 Å². The fourth-order valence-electron chi connectivity index (χ4n) is 2.40. The van der Waals surface area contributed by atoms with Gasteiger partial charge < -0.3 is 4.90 Å². The minimum Gasteiger partial charge on any atom is -0.359 e. The zero-order valence-electron chi connectivity index (χ0n) is 12.5. The van der Waals surface area contributed by atoms with Crippen LogP contribution in [0.25, 0.3) is 0 Å². The lowest BCUT2D eigenvalue weighted by atomic mass is 10.2. The van der Waals surface area contributed by atoms with E-state index in [9.17, 15) is 10.1 Å². The molecule has 1 aliphatic heterocycles. The maximum atomic E-state index is 12.0. The minimum atomic E-state index is -0.0819. The van der Waals surface area contributed by atoms with Crippen molar-refractivity contribution in [2.75, 3.05) is 42.9 Å². The third kappa shape index (κ3) is 3.64. The maximum absolute atomic E-state index is 12.0. The molecule has 0 saturated carbocycles. The third-order valence-corrected chi connectivity index (χ3v) is 5.20. The average molecular weight is 349 g/mol. The molecular weight excluding hydrogens is 334 g/mol. The molecule has 0 spiro atoms. The fraction of sp³-hybridized carbons (Fsp3) is 0.462. The summed E-state index contributed by atoms with van der Waals surface area (Å²) >= 11 is 2.67. The average Bonchev–Trinajstić information content (AvgIpc) is 3.17. The lowest BCUT2D eigenvalue weighted by Gasteiger charge is -2.34. The van der Waals surface area contributed by atoms with E-state index in [1.54, 1.807) is 5.51 Å². The molecule has 0 atom stereocenters. The van der Waals surface area contributed by atoms with Crippen LogP contribution < -0.4 is 10.2 Å². The topological polar surface area (TPSA) is 98.0 Å². The van der Waals surface area contributed by atoms with Crippen molar-refractivity contribution in [3.8, 4) is 6.07 Å². The number of nitrogens with zero attached hydrogens (tertiary/aromatic N) is 6. The van der Waals surface area contributed by atoms with Gasteiger partial charge in [-0.15, -0.1) is 10.2 Å². The highest BCUT2D eigenvalue weighted by molar-refractivity contribution is 7.13. The van der Waals surface area contributed by atoms with Crippen LogP contribution in [0.2, 0.25) is 0 Å². The standard InChI is InChI=1S/C13H15N7OS2/c1-9-10(6-14)12(23-18-9)20-4-2-19(3-5-20)7-11(21)16-13-17-15-8-22-13/h8H,2-5,7H2,1H3,(H,16,17,21). The van der Waals surface area contributed by atoms with E-state index in [0.29, 0.717) is 17.2 Å². The molecule has 3 rings (SSSR count). The van der Waals surface area contributed by atoms with Gasteiger partial charge in [-0.25, -0.2) is 0 Å². The molecule has 0 unspecified atom stereocenters. The van der Waals surface area contributed by atoms with Gasteiger partial charge in [0.1, 0.15) is 22.1 Å². The van der Waals surface area contributed by atoms with Gasteiger partial charge in [0.25, 0.3) is 0 Å². The normalized spacial score (nSPS) is 15.4. The Labute approximate surface area is 141 Å². The molecule has 0 radical (unpaired) electrons. The van der Waals surface area contributed by atoms with Crippen molar-refractivity contribution in [3.63, 3.8) is 0 Å². The van der Waals surface area contributed by atoms with Crippen LogP contribution in [-0.4, -0.2) is 58.1 Å². The van der Waals surface area contributed by atoms with Crippen molar-refractivity contribution >= 4 is 38.9 Å². The summed E-state index contributed by atoms with van der Waals surface area (Å²) in [7, 11) is 0. The fourth-order valence-corrected chi connectivity index (χ4v) is 3.76. The van der Waals surface area contributed by atoms with E-state index in [-0.39, 0.29) is 5.91 Å². The van der Waals surface area contributed by atoms with Gasteiger partial charge in [-0.05, 0) is 18.5 Å². The second-order valence-corrected chi connectivity index (χ2v) is 6.70. The Balaban J connectivity index is 1.52. The summed E-state index contributed by atoms with van der Waals surface area (Å²) in [5, 5.41) is 20.9. The molecule has 8 nitrogen and oxygen atoms in total. The van der Waals surface area contributed by atoms with Crippen LogP contribution in [0.3, 0.4) is 0 Å². The van der Waals surface area contributed by atoms with Crippen LogP contribution in [0, 0.1) is 18.3 Å². The quantitative estimate of drug-likeness (QED) is 0.877. The molecule has 3 heterocycles. The van der Waals surface area contributed by atoms with Crippen LogP contribution in [-0.2, 0) is 4.79 Å². The number of hydrogen-bond acceptors (Lipinski definition) is 9. The molecule has 1 amide bonds. The first-order valence-corrected chi connectivity index (χ1v) is 8.72. The van der Waals surface area contributed by atoms with Crippen LogP contribution in [0.4, 0.5) is 10.1 Å². The van der Waals surface area contributed by atoms with Crippen LogP contribution in [0.1, 0.15) is 11.3 Å². The van der Waals surface area contributed by atoms with E-state index in [2.05, 4.69) is 35.8 Å². The second-order valence-electron chi connectivity index (χ2n) is 5.12. The second kappa shape index (κ2) is 6.99. The summed E-state index contributed by atoms with van der Waals surface area (Å²) in [4.78, 5) is 16.2. The largest absolute Gasteiger partial charge is 0.359 e. The Morgan fingerprint density at radius 2 is 2.22 bits per heavy atom. The summed E-state index contributed by atoms with van der Waals surface area (Å²) in [5.74, 6) is -0.0819. The van der Waals surface area contributed by atoms with Gasteiger partial charge in [0.15, 0.2) is 0 Å². The molecular formula is C13H15N7OS2. The predicted octanol–water partition coefficient (Wildman–Crippen LogP) is 0.935. The number of amides is 1. The van der Waals surface area contributed by atoms with Crippen molar-refractivity contribution in [1.29, 1.82) is 5.26 Å². The monoisotopic (exact) mass is 349 g/mol. The van der Waals surface area contributed by atoms with Crippen LogP contribution >= 0.6 is 22.9 Å². The molecule has 1 aliphatic rings. The van der Waals surface area contributed by atoms with E-state index in [1.165, 1.54) is 22.9 Å². The first kappa shape index (κ1) is 15.8. The van der Waals surface area contributed by atoms with E-state index < -0.39 is 0 Å². The van der Waals surface area contributed by atoms with Gasteiger partial charge in [-0.1, -0.05) is 11.3 Å². The highest BCUT2D eigenvalue weighted by Crippen LogP contribution is 2.28. The van der Waals surface area contributed by atoms with E-state index in [1.807, 2.05) is 6.92 Å². The lowest BCUT2D eigenvalue weighted by Crippen LogP contribution is -2.48. The Hall–Kier alpha value is -2.09. The predicted molar refractivity (Wildman–Crippen MR) is 88.8 cm³/mol. The molecule has 2 aromatic rings. The van der Waals surface area contributed by atoms with Crippen molar-refractivity contribution in [1.82, 2.24) is 19.5 Å². The van der Waals surface area contributed by atoms with Gasteiger partial charge >= 0.3 is 0 Å². The molecule has 23 heavy (non-hydrogen) atoms. The molecule has 10 heteroatoms. The van der Waals surface area contributed by atoms with Crippen molar-refractivity contribution in [2.24, 2.45) is 0 Å². The molecule has 120 valence electrons. The summed E-state index contributed by atoms with van der Waals surface area (Å²) in [6.45, 7) is 5.29. The Morgan fingerprint density at radius 3 is 2.87 bits per heavy atom. The van der Waals surface area contributed by atoms with E-state index in [0.717, 1.165) is 36.9 Å². The Morgan fingerprint density at radius 1 is 1.43 bits per heavy atom. The lowest BCUT2D eigenvalue weighted by molar-refractivity contribution is -0.117. The highest BCUT2D eigenvalue weighted by atomic mass is 32.1.